The molecule has 0 aliphatic carbocycles. The Labute approximate surface area is 117 Å². The Bertz CT molecular complexity index is 487. The van der Waals surface area contributed by atoms with Crippen molar-refractivity contribution in [3.05, 3.63) is 34.6 Å². The second-order valence-corrected chi connectivity index (χ2v) is 6.01. The minimum absolute atomic E-state index is 0.804. The Balaban J connectivity index is 1.93. The van der Waals surface area contributed by atoms with Gasteiger partial charge < -0.3 is 5.32 Å². The number of nitrogens with zero attached hydrogens (tertiary/aromatic N) is 2. The van der Waals surface area contributed by atoms with E-state index in [9.17, 15) is 0 Å². The molecule has 0 aliphatic heterocycles. The first-order valence-electron chi connectivity index (χ1n) is 5.22. The summed E-state index contributed by atoms with van der Waals surface area (Å²) < 4.78 is 5.41. The third kappa shape index (κ3) is 3.97. The van der Waals surface area contributed by atoms with Crippen molar-refractivity contribution < 1.29 is 0 Å². The molecule has 3 nitrogen and oxygen atoms in total. The van der Waals surface area contributed by atoms with Crippen LogP contribution in [-0.2, 0) is 5.75 Å². The van der Waals surface area contributed by atoms with E-state index in [1.165, 1.54) is 16.4 Å². The van der Waals surface area contributed by atoms with Gasteiger partial charge in [-0.25, -0.2) is 4.98 Å². The zero-order valence-corrected chi connectivity index (χ0v) is 12.5. The molecule has 0 fully saturated rings. The highest BCUT2D eigenvalue weighted by Crippen LogP contribution is 2.25. The normalized spacial score (nSPS) is 10.5. The van der Waals surface area contributed by atoms with Gasteiger partial charge in [-0.1, -0.05) is 22.0 Å². The maximum atomic E-state index is 4.40. The molecule has 0 atom stereocenters. The van der Waals surface area contributed by atoms with E-state index in [2.05, 4.69) is 49.7 Å². The molecule has 1 aromatic carbocycles. The molecule has 0 radical (unpaired) electrons. The average molecular weight is 330 g/mol. The predicted molar refractivity (Wildman–Crippen MR) is 77.8 cm³/mol. The van der Waals surface area contributed by atoms with E-state index in [0.29, 0.717) is 0 Å². The summed E-state index contributed by atoms with van der Waals surface area (Å²) in [5, 5.41) is 4.06. The van der Waals surface area contributed by atoms with Crippen LogP contribution in [0.1, 0.15) is 12.7 Å². The molecule has 1 N–H and O–H groups in total. The Morgan fingerprint density at radius 3 is 3.12 bits per heavy atom. The van der Waals surface area contributed by atoms with Gasteiger partial charge in [-0.3, -0.25) is 0 Å². The summed E-state index contributed by atoms with van der Waals surface area (Å²) in [6.07, 6.45) is 0. The number of rotatable bonds is 5. The highest BCUT2D eigenvalue weighted by molar-refractivity contribution is 9.10. The minimum Gasteiger partial charge on any atom is -0.361 e. The van der Waals surface area contributed by atoms with E-state index < -0.39 is 0 Å². The van der Waals surface area contributed by atoms with Gasteiger partial charge in [-0.15, -0.1) is 11.8 Å². The van der Waals surface area contributed by atoms with E-state index in [1.807, 2.05) is 12.1 Å². The monoisotopic (exact) mass is 329 g/mol. The maximum absolute atomic E-state index is 4.40. The quantitative estimate of drug-likeness (QED) is 0.840. The van der Waals surface area contributed by atoms with Gasteiger partial charge in [0.1, 0.15) is 0 Å². The number of halogens is 1. The van der Waals surface area contributed by atoms with Gasteiger partial charge in [0.25, 0.3) is 0 Å². The molecule has 0 saturated heterocycles. The van der Waals surface area contributed by atoms with E-state index in [0.717, 1.165) is 27.7 Å². The molecule has 6 heteroatoms. The molecule has 1 aromatic heterocycles. The van der Waals surface area contributed by atoms with Crippen LogP contribution in [0.15, 0.2) is 33.6 Å². The van der Waals surface area contributed by atoms with Crippen LogP contribution >= 0.6 is 39.2 Å². The number of nitrogens with one attached hydrogen (secondary N) is 1. The van der Waals surface area contributed by atoms with Crippen LogP contribution in [0.5, 0.6) is 0 Å². The van der Waals surface area contributed by atoms with Crippen LogP contribution in [0.3, 0.4) is 0 Å². The summed E-state index contributed by atoms with van der Waals surface area (Å²) in [4.78, 5) is 5.62. The van der Waals surface area contributed by atoms with Crippen molar-refractivity contribution in [3.63, 3.8) is 0 Å². The van der Waals surface area contributed by atoms with Crippen molar-refractivity contribution in [1.29, 1.82) is 0 Å². The molecule has 0 spiro atoms. The summed E-state index contributed by atoms with van der Waals surface area (Å²) in [5.74, 6) is 1.69. The molecule has 0 amide bonds. The van der Waals surface area contributed by atoms with Gasteiger partial charge in [-0.2, -0.15) is 4.37 Å². The molecular formula is C11H12BrN3S2. The summed E-state index contributed by atoms with van der Waals surface area (Å²) >= 11 is 6.62. The molecule has 1 heterocycles. The Morgan fingerprint density at radius 2 is 2.35 bits per heavy atom. The van der Waals surface area contributed by atoms with E-state index in [4.69, 9.17) is 0 Å². The topological polar surface area (TPSA) is 37.8 Å². The lowest BCUT2D eigenvalue weighted by Gasteiger charge is -1.99. The first-order valence-corrected chi connectivity index (χ1v) is 7.78. The standard InChI is InChI=1S/C11H12BrN3S2/c1-2-13-11-14-10(15-17-11)7-16-9-5-3-4-8(12)6-9/h3-6H,2,7H2,1H3,(H,13,14,15). The van der Waals surface area contributed by atoms with Gasteiger partial charge in [0.05, 0.1) is 5.75 Å². The lowest BCUT2D eigenvalue weighted by atomic mass is 10.4. The highest BCUT2D eigenvalue weighted by Gasteiger charge is 2.04. The van der Waals surface area contributed by atoms with Crippen molar-refractivity contribution in [2.24, 2.45) is 0 Å². The van der Waals surface area contributed by atoms with Gasteiger partial charge in [0.15, 0.2) is 5.82 Å². The van der Waals surface area contributed by atoms with Gasteiger partial charge in [-0.05, 0) is 25.1 Å². The molecule has 0 saturated carbocycles. The lowest BCUT2D eigenvalue weighted by Crippen LogP contribution is -1.95. The Hall–Kier alpha value is -0.590. The maximum Gasteiger partial charge on any atom is 0.202 e. The molecule has 2 aromatic rings. The Kier molecular flexibility index (Phi) is 4.82. The second kappa shape index (κ2) is 6.37. The SMILES string of the molecule is CCNc1nc(CSc2cccc(Br)c2)ns1. The lowest BCUT2D eigenvalue weighted by molar-refractivity contribution is 1.11. The number of benzene rings is 1. The van der Waals surface area contributed by atoms with Crippen molar-refractivity contribution in [1.82, 2.24) is 9.36 Å². The molecule has 90 valence electrons. The molecule has 0 unspecified atom stereocenters. The van der Waals surface area contributed by atoms with E-state index >= 15 is 0 Å². The summed E-state index contributed by atoms with van der Waals surface area (Å²) in [6, 6.07) is 8.24. The largest absolute Gasteiger partial charge is 0.361 e. The predicted octanol–water partition coefficient (Wildman–Crippen LogP) is 4.02. The highest BCUT2D eigenvalue weighted by atomic mass is 79.9. The number of hydrogen-bond acceptors (Lipinski definition) is 5. The van der Waals surface area contributed by atoms with Crippen LogP contribution in [-0.4, -0.2) is 15.9 Å². The molecule has 17 heavy (non-hydrogen) atoms. The summed E-state index contributed by atoms with van der Waals surface area (Å²) in [5.41, 5.74) is 0. The fraction of sp³-hybridized carbons (Fsp3) is 0.273. The fourth-order valence-corrected chi connectivity index (χ4v) is 3.34. The number of aromatic nitrogens is 2. The second-order valence-electron chi connectivity index (χ2n) is 3.29. The number of anilines is 1. The fourth-order valence-electron chi connectivity index (χ4n) is 1.24. The van der Waals surface area contributed by atoms with Crippen molar-refractivity contribution in [2.75, 3.05) is 11.9 Å². The van der Waals surface area contributed by atoms with Crippen molar-refractivity contribution >= 4 is 44.4 Å². The van der Waals surface area contributed by atoms with Gasteiger partial charge in [0, 0.05) is 27.4 Å². The zero-order valence-electron chi connectivity index (χ0n) is 9.31. The van der Waals surface area contributed by atoms with Crippen molar-refractivity contribution in [3.8, 4) is 0 Å². The summed E-state index contributed by atoms with van der Waals surface area (Å²) in [7, 11) is 0. The number of thioether (sulfide) groups is 1. The Morgan fingerprint density at radius 1 is 1.47 bits per heavy atom. The molecular weight excluding hydrogens is 318 g/mol. The molecule has 0 bridgehead atoms. The van der Waals surface area contributed by atoms with Crippen LogP contribution < -0.4 is 5.32 Å². The van der Waals surface area contributed by atoms with Crippen LogP contribution in [0.2, 0.25) is 0 Å². The third-order valence-corrected chi connectivity index (χ3v) is 4.15. The molecule has 2 rings (SSSR count). The smallest absolute Gasteiger partial charge is 0.202 e. The first-order chi connectivity index (χ1) is 8.28. The average Bonchev–Trinajstić information content (AvgIpc) is 2.75. The van der Waals surface area contributed by atoms with Crippen LogP contribution in [0.25, 0.3) is 0 Å². The van der Waals surface area contributed by atoms with Gasteiger partial charge in [0.2, 0.25) is 5.13 Å². The summed E-state index contributed by atoms with van der Waals surface area (Å²) in [6.45, 7) is 2.94. The van der Waals surface area contributed by atoms with Crippen LogP contribution in [0.4, 0.5) is 5.13 Å². The van der Waals surface area contributed by atoms with Crippen molar-refractivity contribution in [2.45, 2.75) is 17.6 Å². The van der Waals surface area contributed by atoms with Gasteiger partial charge >= 0.3 is 0 Å². The van der Waals surface area contributed by atoms with E-state index in [1.54, 1.807) is 11.8 Å². The van der Waals surface area contributed by atoms with E-state index in [-0.39, 0.29) is 0 Å². The zero-order chi connectivity index (χ0) is 12.1. The number of hydrogen-bond donors (Lipinski definition) is 1. The molecule has 0 aliphatic rings. The third-order valence-electron chi connectivity index (χ3n) is 1.96. The van der Waals surface area contributed by atoms with Crippen LogP contribution in [0, 0.1) is 0 Å². The minimum atomic E-state index is 0.804. The first kappa shape index (κ1) is 12.9.